The average Bonchev–Trinajstić information content (AvgIpc) is 3.46. The van der Waals surface area contributed by atoms with Crippen LogP contribution in [-0.2, 0) is 22.5 Å². The van der Waals surface area contributed by atoms with Crippen molar-refractivity contribution >= 4 is 29.0 Å². The number of anilines is 1. The second kappa shape index (κ2) is 15.1. The van der Waals surface area contributed by atoms with Crippen LogP contribution in [0.25, 0.3) is 0 Å². The van der Waals surface area contributed by atoms with Gasteiger partial charge in [-0.3, -0.25) is 4.79 Å². The smallest absolute Gasteiger partial charge is 0.322 e. The Morgan fingerprint density at radius 1 is 0.923 bits per heavy atom. The first-order chi connectivity index (χ1) is 18.9. The number of nitrogens with one attached hydrogen (secondary N) is 1. The maximum absolute atomic E-state index is 13.7. The molecule has 0 aliphatic rings. The lowest BCUT2D eigenvalue weighted by Gasteiger charge is -2.28. The Labute approximate surface area is 235 Å². The van der Waals surface area contributed by atoms with Crippen molar-refractivity contribution in [2.24, 2.45) is 0 Å². The van der Waals surface area contributed by atoms with Crippen LogP contribution < -0.4 is 14.8 Å². The summed E-state index contributed by atoms with van der Waals surface area (Å²) in [5, 5.41) is 5.00. The van der Waals surface area contributed by atoms with Gasteiger partial charge in [0, 0.05) is 37.4 Å². The fourth-order valence-electron chi connectivity index (χ4n) is 4.18. The summed E-state index contributed by atoms with van der Waals surface area (Å²) in [5.41, 5.74) is 3.87. The molecule has 0 radical (unpaired) electrons. The minimum Gasteiger partial charge on any atom is -0.493 e. The van der Waals surface area contributed by atoms with Crippen molar-refractivity contribution < 1.29 is 23.8 Å². The van der Waals surface area contributed by atoms with E-state index >= 15 is 0 Å². The Morgan fingerprint density at radius 3 is 2.41 bits per heavy atom. The van der Waals surface area contributed by atoms with E-state index in [0.29, 0.717) is 50.6 Å². The van der Waals surface area contributed by atoms with Crippen molar-refractivity contribution in [3.05, 3.63) is 75.5 Å². The fourth-order valence-corrected chi connectivity index (χ4v) is 4.90. The van der Waals surface area contributed by atoms with E-state index in [1.165, 1.54) is 0 Å². The molecule has 0 aliphatic carbocycles. The zero-order valence-electron chi connectivity index (χ0n) is 23.5. The van der Waals surface area contributed by atoms with Crippen molar-refractivity contribution in [2.45, 2.75) is 33.2 Å². The van der Waals surface area contributed by atoms with Gasteiger partial charge in [0.15, 0.2) is 11.5 Å². The molecule has 0 bridgehead atoms. The van der Waals surface area contributed by atoms with Crippen molar-refractivity contribution in [1.82, 2.24) is 9.80 Å². The van der Waals surface area contributed by atoms with E-state index in [9.17, 15) is 9.59 Å². The number of carbonyl (C=O) groups excluding carboxylic acids is 2. The van der Waals surface area contributed by atoms with Crippen LogP contribution in [0, 0.1) is 13.8 Å². The number of hydrogen-bond acceptors (Lipinski definition) is 6. The lowest BCUT2D eigenvalue weighted by molar-refractivity contribution is -0.132. The molecule has 0 fully saturated rings. The van der Waals surface area contributed by atoms with Crippen LogP contribution in [0.4, 0.5) is 10.5 Å². The maximum atomic E-state index is 13.7. The number of aryl methyl sites for hydroxylation is 1. The summed E-state index contributed by atoms with van der Waals surface area (Å²) >= 11 is 1.61. The number of ether oxygens (including phenoxy) is 3. The van der Waals surface area contributed by atoms with Gasteiger partial charge in [-0.05, 0) is 73.0 Å². The van der Waals surface area contributed by atoms with E-state index in [-0.39, 0.29) is 18.5 Å². The van der Waals surface area contributed by atoms with Crippen molar-refractivity contribution in [1.29, 1.82) is 0 Å². The van der Waals surface area contributed by atoms with Crippen LogP contribution in [0.3, 0.4) is 0 Å². The summed E-state index contributed by atoms with van der Waals surface area (Å²) in [6.07, 6.45) is 1.26. The highest BCUT2D eigenvalue weighted by Crippen LogP contribution is 2.28. The standard InChI is InChI=1S/C30H39N3O5S/c1-22-9-6-11-26(23(22)2)31-30(35)33(15-8-17-36-3)21-29(34)32(20-25-10-7-18-39-25)16-14-24-12-13-27(37-4)28(19-24)38-5/h6-7,9-13,18-19H,8,14-17,20-21H2,1-5H3,(H,31,35). The van der Waals surface area contributed by atoms with Crippen LogP contribution in [-0.4, -0.2) is 69.3 Å². The van der Waals surface area contributed by atoms with E-state index in [2.05, 4.69) is 5.32 Å². The molecule has 3 rings (SSSR count). The maximum Gasteiger partial charge on any atom is 0.322 e. The lowest BCUT2D eigenvalue weighted by Crippen LogP contribution is -2.45. The van der Waals surface area contributed by atoms with Crippen LogP contribution in [0.2, 0.25) is 0 Å². The molecule has 9 heteroatoms. The number of amides is 3. The zero-order chi connectivity index (χ0) is 28.2. The van der Waals surface area contributed by atoms with Crippen LogP contribution in [0.15, 0.2) is 53.9 Å². The molecule has 2 aromatic carbocycles. The summed E-state index contributed by atoms with van der Waals surface area (Å²) in [7, 11) is 4.84. The number of benzene rings is 2. The van der Waals surface area contributed by atoms with Gasteiger partial charge in [0.2, 0.25) is 5.91 Å². The molecule has 3 amide bonds. The second-order valence-corrected chi connectivity index (χ2v) is 10.3. The number of thiophene rings is 1. The monoisotopic (exact) mass is 553 g/mol. The molecule has 0 saturated carbocycles. The Bertz CT molecular complexity index is 1220. The number of hydrogen-bond donors (Lipinski definition) is 1. The third-order valence-electron chi connectivity index (χ3n) is 6.63. The van der Waals surface area contributed by atoms with Crippen LogP contribution in [0.1, 0.15) is 28.0 Å². The van der Waals surface area contributed by atoms with Crippen LogP contribution >= 0.6 is 11.3 Å². The molecule has 39 heavy (non-hydrogen) atoms. The third-order valence-corrected chi connectivity index (χ3v) is 7.50. The number of methoxy groups -OCH3 is 3. The highest BCUT2D eigenvalue weighted by molar-refractivity contribution is 7.09. The minimum absolute atomic E-state index is 0.0300. The lowest BCUT2D eigenvalue weighted by atomic mass is 10.1. The molecule has 0 spiro atoms. The van der Waals surface area contributed by atoms with Gasteiger partial charge in [0.05, 0.1) is 20.8 Å². The summed E-state index contributed by atoms with van der Waals surface area (Å²) in [5.74, 6) is 1.20. The van der Waals surface area contributed by atoms with E-state index < -0.39 is 0 Å². The molecule has 0 atom stereocenters. The number of carbonyl (C=O) groups is 2. The molecule has 1 N–H and O–H groups in total. The van der Waals surface area contributed by atoms with Gasteiger partial charge in [0.1, 0.15) is 6.54 Å². The van der Waals surface area contributed by atoms with Crippen LogP contribution in [0.5, 0.6) is 11.5 Å². The highest BCUT2D eigenvalue weighted by atomic mass is 32.1. The summed E-state index contributed by atoms with van der Waals surface area (Å²) in [4.78, 5) is 31.5. The Balaban J connectivity index is 1.76. The molecular weight excluding hydrogens is 514 g/mol. The normalized spacial score (nSPS) is 10.7. The van der Waals surface area contributed by atoms with Crippen molar-refractivity contribution in [3.63, 3.8) is 0 Å². The predicted molar refractivity (Wildman–Crippen MR) is 156 cm³/mol. The molecule has 1 heterocycles. The zero-order valence-corrected chi connectivity index (χ0v) is 24.3. The summed E-state index contributed by atoms with van der Waals surface area (Å²) in [6, 6.07) is 15.3. The molecule has 0 unspecified atom stereocenters. The van der Waals surface area contributed by atoms with Gasteiger partial charge in [-0.1, -0.05) is 24.3 Å². The first-order valence-corrected chi connectivity index (χ1v) is 13.9. The minimum atomic E-state index is -0.302. The average molecular weight is 554 g/mol. The third kappa shape index (κ3) is 8.73. The van der Waals surface area contributed by atoms with Gasteiger partial charge in [-0.15, -0.1) is 11.3 Å². The number of urea groups is 1. The summed E-state index contributed by atoms with van der Waals surface area (Å²) in [6.45, 7) is 5.83. The molecule has 8 nitrogen and oxygen atoms in total. The van der Waals surface area contributed by atoms with Gasteiger partial charge in [-0.2, -0.15) is 0 Å². The number of rotatable bonds is 14. The Morgan fingerprint density at radius 2 is 1.72 bits per heavy atom. The van der Waals surface area contributed by atoms with Crippen molar-refractivity contribution in [2.75, 3.05) is 52.9 Å². The van der Waals surface area contributed by atoms with E-state index in [1.807, 2.05) is 72.7 Å². The molecule has 0 saturated heterocycles. The van der Waals surface area contributed by atoms with Gasteiger partial charge < -0.3 is 29.3 Å². The molecular formula is C30H39N3O5S. The predicted octanol–water partition coefficient (Wildman–Crippen LogP) is 5.52. The SMILES string of the molecule is COCCCN(CC(=O)N(CCc1ccc(OC)c(OC)c1)Cc1cccs1)C(=O)Nc1cccc(C)c1C. The van der Waals surface area contributed by atoms with Gasteiger partial charge >= 0.3 is 6.03 Å². The van der Waals surface area contributed by atoms with E-state index in [1.54, 1.807) is 37.6 Å². The Kier molecular flexibility index (Phi) is 11.6. The largest absolute Gasteiger partial charge is 0.493 e. The van der Waals surface area contributed by atoms with E-state index in [0.717, 1.165) is 27.3 Å². The highest BCUT2D eigenvalue weighted by Gasteiger charge is 2.22. The first-order valence-electron chi connectivity index (χ1n) is 13.0. The molecule has 1 aromatic heterocycles. The van der Waals surface area contributed by atoms with Gasteiger partial charge in [-0.25, -0.2) is 4.79 Å². The quantitative estimate of drug-likeness (QED) is 0.266. The summed E-state index contributed by atoms with van der Waals surface area (Å²) < 4.78 is 16.0. The topological polar surface area (TPSA) is 80.3 Å². The molecule has 0 aliphatic heterocycles. The number of nitrogens with zero attached hydrogens (tertiary/aromatic N) is 2. The molecule has 3 aromatic rings. The second-order valence-electron chi connectivity index (χ2n) is 9.28. The van der Waals surface area contributed by atoms with Gasteiger partial charge in [0.25, 0.3) is 0 Å². The fraction of sp³-hybridized carbons (Fsp3) is 0.400. The molecule has 210 valence electrons. The Hall–Kier alpha value is -3.56. The van der Waals surface area contributed by atoms with E-state index in [4.69, 9.17) is 14.2 Å². The van der Waals surface area contributed by atoms with Crippen molar-refractivity contribution in [3.8, 4) is 11.5 Å². The first kappa shape index (κ1) is 30.0.